The van der Waals surface area contributed by atoms with Crippen molar-refractivity contribution < 1.29 is 8.42 Å². The van der Waals surface area contributed by atoms with Gasteiger partial charge in [0.2, 0.25) is 0 Å². The zero-order valence-corrected chi connectivity index (χ0v) is 22.8. The van der Waals surface area contributed by atoms with Gasteiger partial charge in [0.25, 0.3) is 10.0 Å². The lowest BCUT2D eigenvalue weighted by molar-refractivity contribution is 0.365. The van der Waals surface area contributed by atoms with Crippen molar-refractivity contribution in [3.05, 3.63) is 144 Å². The standard InChI is InChI=1S/C34H32N2O2S/c1-24-17-19-28(20-18-24)39(37,38)36-35-34-23-31(27-15-9-4-10-16-27)32-22-33(34)30(26-13-7-3-8-14-26)21-29(32)25-11-5-2-6-12-25/h2-21,30-33,36H,22-23H2,1H3/b35-34-. The van der Waals surface area contributed by atoms with Crippen molar-refractivity contribution in [1.82, 2.24) is 4.83 Å². The Bertz CT molecular complexity index is 1600. The molecule has 1 fully saturated rings. The van der Waals surface area contributed by atoms with Gasteiger partial charge in [0.1, 0.15) is 0 Å². The van der Waals surface area contributed by atoms with Crippen LogP contribution >= 0.6 is 0 Å². The van der Waals surface area contributed by atoms with Gasteiger partial charge in [-0.25, -0.2) is 4.83 Å². The van der Waals surface area contributed by atoms with Gasteiger partial charge >= 0.3 is 0 Å². The van der Waals surface area contributed by atoms with Gasteiger partial charge in [0.15, 0.2) is 0 Å². The van der Waals surface area contributed by atoms with E-state index in [2.05, 4.69) is 94.9 Å². The van der Waals surface area contributed by atoms with Crippen molar-refractivity contribution in [3.8, 4) is 0 Å². The normalized spacial score (nSPS) is 23.7. The number of benzene rings is 4. The molecule has 1 N–H and O–H groups in total. The number of fused-ring (bicyclic) bond motifs is 2. The predicted molar refractivity (Wildman–Crippen MR) is 158 cm³/mol. The number of allylic oxidation sites excluding steroid dienone is 2. The minimum Gasteiger partial charge on any atom is -0.200 e. The molecule has 2 bridgehead atoms. The first-order valence-corrected chi connectivity index (χ1v) is 15.0. The second-order valence-electron chi connectivity index (χ2n) is 10.6. The van der Waals surface area contributed by atoms with E-state index in [1.54, 1.807) is 24.3 Å². The van der Waals surface area contributed by atoms with Gasteiger partial charge in [-0.2, -0.15) is 13.5 Å². The third-order valence-corrected chi connectivity index (χ3v) is 9.43. The molecule has 0 heterocycles. The van der Waals surface area contributed by atoms with E-state index in [0.29, 0.717) is 12.3 Å². The molecule has 196 valence electrons. The molecule has 4 nitrogen and oxygen atoms in total. The number of hydrazone groups is 1. The minimum absolute atomic E-state index is 0.102. The number of hydrogen-bond donors (Lipinski definition) is 1. The van der Waals surface area contributed by atoms with Crippen molar-refractivity contribution in [2.24, 2.45) is 16.9 Å². The smallest absolute Gasteiger partial charge is 0.200 e. The lowest BCUT2D eigenvalue weighted by Gasteiger charge is -2.45. The monoisotopic (exact) mass is 532 g/mol. The first kappa shape index (κ1) is 25.3. The molecular formula is C34H32N2O2S. The maximum absolute atomic E-state index is 13.2. The Balaban J connectivity index is 1.45. The Morgan fingerprint density at radius 3 is 1.92 bits per heavy atom. The highest BCUT2D eigenvalue weighted by molar-refractivity contribution is 7.89. The lowest BCUT2D eigenvalue weighted by Crippen LogP contribution is -2.39. The summed E-state index contributed by atoms with van der Waals surface area (Å²) in [6.45, 7) is 1.94. The van der Waals surface area contributed by atoms with Crippen LogP contribution in [0.5, 0.6) is 0 Å². The van der Waals surface area contributed by atoms with E-state index in [4.69, 9.17) is 0 Å². The van der Waals surface area contributed by atoms with Crippen LogP contribution in [-0.4, -0.2) is 14.1 Å². The van der Waals surface area contributed by atoms with E-state index in [0.717, 1.165) is 17.7 Å². The highest BCUT2D eigenvalue weighted by atomic mass is 32.2. The van der Waals surface area contributed by atoms with Crippen LogP contribution in [0.2, 0.25) is 0 Å². The van der Waals surface area contributed by atoms with Crippen LogP contribution in [0.25, 0.3) is 5.57 Å². The number of nitrogens with one attached hydrogen (secondary N) is 1. The van der Waals surface area contributed by atoms with Crippen LogP contribution in [0, 0.1) is 18.8 Å². The van der Waals surface area contributed by atoms with Crippen LogP contribution in [0.4, 0.5) is 0 Å². The maximum atomic E-state index is 13.2. The first-order valence-electron chi connectivity index (χ1n) is 13.5. The molecule has 0 saturated heterocycles. The Morgan fingerprint density at radius 1 is 0.692 bits per heavy atom. The number of aryl methyl sites for hydroxylation is 1. The molecule has 0 spiro atoms. The molecule has 1 saturated carbocycles. The molecule has 2 aliphatic carbocycles. The fourth-order valence-corrected chi connectivity index (χ4v) is 7.07. The fourth-order valence-electron chi connectivity index (χ4n) is 6.24. The molecule has 4 atom stereocenters. The van der Waals surface area contributed by atoms with E-state index in [1.807, 2.05) is 19.1 Å². The van der Waals surface area contributed by atoms with E-state index in [9.17, 15) is 8.42 Å². The molecule has 39 heavy (non-hydrogen) atoms. The molecule has 5 heteroatoms. The van der Waals surface area contributed by atoms with Gasteiger partial charge in [-0.3, -0.25) is 0 Å². The second kappa shape index (κ2) is 10.7. The highest BCUT2D eigenvalue weighted by Crippen LogP contribution is 2.53. The van der Waals surface area contributed by atoms with Crippen molar-refractivity contribution in [2.45, 2.75) is 36.5 Å². The molecule has 4 aromatic carbocycles. The van der Waals surface area contributed by atoms with Crippen LogP contribution in [-0.2, 0) is 10.0 Å². The van der Waals surface area contributed by atoms with Gasteiger partial charge in [0.05, 0.1) is 4.90 Å². The second-order valence-corrected chi connectivity index (χ2v) is 12.3. The summed E-state index contributed by atoms with van der Waals surface area (Å²) >= 11 is 0. The van der Waals surface area contributed by atoms with Gasteiger partial charge in [-0.05, 0) is 66.0 Å². The SMILES string of the molecule is Cc1ccc(S(=O)(=O)N/N=C2/CC(c3ccccc3)C3CC2C(c2ccccc2)C=C3c2ccccc2)cc1. The van der Waals surface area contributed by atoms with Gasteiger partial charge in [-0.15, -0.1) is 0 Å². The molecule has 2 aliphatic rings. The van der Waals surface area contributed by atoms with Gasteiger partial charge in [0, 0.05) is 17.5 Å². The number of rotatable bonds is 6. The molecule has 0 amide bonds. The fraction of sp³-hybridized carbons (Fsp3) is 0.206. The zero-order chi connectivity index (χ0) is 26.8. The summed E-state index contributed by atoms with van der Waals surface area (Å²) in [5.74, 6) is 0.725. The molecule has 4 unspecified atom stereocenters. The third kappa shape index (κ3) is 5.19. The first-order chi connectivity index (χ1) is 19.0. The summed E-state index contributed by atoms with van der Waals surface area (Å²) in [7, 11) is -3.77. The maximum Gasteiger partial charge on any atom is 0.276 e. The van der Waals surface area contributed by atoms with Crippen LogP contribution in [0.1, 0.15) is 46.9 Å². The third-order valence-electron chi connectivity index (χ3n) is 8.20. The molecule has 0 aliphatic heterocycles. The topological polar surface area (TPSA) is 58.5 Å². The molecule has 6 rings (SSSR count). The Kier molecular flexibility index (Phi) is 6.92. The van der Waals surface area contributed by atoms with Crippen LogP contribution < -0.4 is 4.83 Å². The number of hydrogen-bond acceptors (Lipinski definition) is 3. The zero-order valence-electron chi connectivity index (χ0n) is 21.9. The van der Waals surface area contributed by atoms with Crippen LogP contribution in [0.3, 0.4) is 0 Å². The Morgan fingerprint density at radius 2 is 1.28 bits per heavy atom. The summed E-state index contributed by atoms with van der Waals surface area (Å²) in [6.07, 6.45) is 4.02. The van der Waals surface area contributed by atoms with E-state index >= 15 is 0 Å². The van der Waals surface area contributed by atoms with Crippen molar-refractivity contribution in [3.63, 3.8) is 0 Å². The minimum atomic E-state index is -3.77. The molecule has 0 radical (unpaired) electrons. The molecular weight excluding hydrogens is 500 g/mol. The summed E-state index contributed by atoms with van der Waals surface area (Å²) in [5, 5.41) is 4.67. The largest absolute Gasteiger partial charge is 0.276 e. The Hall–Kier alpha value is -3.96. The molecule has 4 aromatic rings. The van der Waals surface area contributed by atoms with Crippen molar-refractivity contribution in [2.75, 3.05) is 0 Å². The van der Waals surface area contributed by atoms with Gasteiger partial charge < -0.3 is 0 Å². The summed E-state index contributed by atoms with van der Waals surface area (Å²) in [6, 6.07) is 38.6. The summed E-state index contributed by atoms with van der Waals surface area (Å²) in [4.78, 5) is 2.82. The van der Waals surface area contributed by atoms with Crippen LogP contribution in [0.15, 0.2) is 131 Å². The highest BCUT2D eigenvalue weighted by Gasteiger charge is 2.44. The lowest BCUT2D eigenvalue weighted by atomic mass is 9.59. The van der Waals surface area contributed by atoms with E-state index < -0.39 is 10.0 Å². The van der Waals surface area contributed by atoms with Crippen molar-refractivity contribution >= 4 is 21.3 Å². The van der Waals surface area contributed by atoms with E-state index in [1.165, 1.54) is 22.3 Å². The number of nitrogens with zero attached hydrogens (tertiary/aromatic N) is 1. The average Bonchev–Trinajstić information content (AvgIpc) is 2.98. The molecule has 0 aromatic heterocycles. The summed E-state index contributed by atoms with van der Waals surface area (Å²) in [5.41, 5.74) is 7.03. The number of sulfonamides is 1. The summed E-state index contributed by atoms with van der Waals surface area (Å²) < 4.78 is 26.3. The van der Waals surface area contributed by atoms with Crippen molar-refractivity contribution in [1.29, 1.82) is 0 Å². The predicted octanol–water partition coefficient (Wildman–Crippen LogP) is 7.32. The Labute approximate surface area is 231 Å². The van der Waals surface area contributed by atoms with Gasteiger partial charge in [-0.1, -0.05) is 115 Å². The average molecular weight is 533 g/mol. The quantitative estimate of drug-likeness (QED) is 0.265. The van der Waals surface area contributed by atoms with E-state index in [-0.39, 0.29) is 22.6 Å².